The minimum absolute atomic E-state index is 0.756. The van der Waals surface area contributed by atoms with E-state index in [4.69, 9.17) is 9.97 Å². The predicted molar refractivity (Wildman–Crippen MR) is 108 cm³/mol. The van der Waals surface area contributed by atoms with Crippen molar-refractivity contribution in [2.75, 3.05) is 13.1 Å². The highest BCUT2D eigenvalue weighted by molar-refractivity contribution is 7.99. The van der Waals surface area contributed by atoms with Gasteiger partial charge >= 0.3 is 0 Å². The van der Waals surface area contributed by atoms with Gasteiger partial charge in [-0.15, -0.1) is 11.3 Å². The minimum atomic E-state index is 0.756. The summed E-state index contributed by atoms with van der Waals surface area (Å²) in [4.78, 5) is 22.8. The van der Waals surface area contributed by atoms with Crippen molar-refractivity contribution in [2.45, 2.75) is 58.3 Å². The summed E-state index contributed by atoms with van der Waals surface area (Å²) in [6.07, 6.45) is 0. The third kappa shape index (κ3) is 4.05. The Bertz CT molecular complexity index is 911. The summed E-state index contributed by atoms with van der Waals surface area (Å²) >= 11 is 3.31. The Labute approximate surface area is 163 Å². The van der Waals surface area contributed by atoms with E-state index in [1.165, 1.54) is 15.3 Å². The van der Waals surface area contributed by atoms with Crippen molar-refractivity contribution in [3.05, 3.63) is 33.7 Å². The molecule has 0 atom stereocenters. The minimum Gasteiger partial charge on any atom is -0.329 e. The quantitative estimate of drug-likeness (QED) is 0.519. The van der Waals surface area contributed by atoms with Gasteiger partial charge in [0.2, 0.25) is 0 Å². The molecule has 138 valence electrons. The molecule has 0 aliphatic rings. The number of nitrogens with one attached hydrogen (secondary N) is 1. The number of aryl methyl sites for hydroxylation is 4. The van der Waals surface area contributed by atoms with Crippen molar-refractivity contribution in [3.63, 3.8) is 0 Å². The summed E-state index contributed by atoms with van der Waals surface area (Å²) in [6, 6.07) is 1.99. The van der Waals surface area contributed by atoms with E-state index >= 15 is 0 Å². The molecule has 3 heterocycles. The first-order chi connectivity index (χ1) is 12.4. The summed E-state index contributed by atoms with van der Waals surface area (Å²) in [5.41, 5.74) is 3.23. The molecule has 0 spiro atoms. The lowest BCUT2D eigenvalue weighted by Crippen LogP contribution is -3.10. The fourth-order valence-electron chi connectivity index (χ4n) is 2.96. The third-order valence-corrected chi connectivity index (χ3v) is 6.55. The van der Waals surface area contributed by atoms with Gasteiger partial charge in [0.15, 0.2) is 11.0 Å². The van der Waals surface area contributed by atoms with Gasteiger partial charge in [0.05, 0.1) is 13.1 Å². The van der Waals surface area contributed by atoms with Crippen molar-refractivity contribution < 1.29 is 4.90 Å². The summed E-state index contributed by atoms with van der Waals surface area (Å²) in [5.74, 6) is 0.907. The Morgan fingerprint density at radius 3 is 2.23 bits per heavy atom. The van der Waals surface area contributed by atoms with Crippen molar-refractivity contribution in [2.24, 2.45) is 0 Å². The Morgan fingerprint density at radius 1 is 0.962 bits per heavy atom. The van der Waals surface area contributed by atoms with Crippen LogP contribution < -0.4 is 4.90 Å². The first-order valence-electron chi connectivity index (χ1n) is 9.01. The van der Waals surface area contributed by atoms with Crippen LogP contribution in [-0.2, 0) is 6.54 Å². The second-order valence-electron chi connectivity index (χ2n) is 6.58. The van der Waals surface area contributed by atoms with Crippen LogP contribution in [0.5, 0.6) is 0 Å². The predicted octanol–water partition coefficient (Wildman–Crippen LogP) is 3.29. The van der Waals surface area contributed by atoms with Crippen LogP contribution >= 0.6 is 23.1 Å². The van der Waals surface area contributed by atoms with Crippen LogP contribution in [0.2, 0.25) is 0 Å². The molecular weight excluding hydrogens is 362 g/mol. The molecule has 0 fully saturated rings. The van der Waals surface area contributed by atoms with E-state index in [1.807, 2.05) is 19.9 Å². The van der Waals surface area contributed by atoms with Crippen LogP contribution in [0, 0.1) is 27.7 Å². The molecule has 0 saturated heterocycles. The van der Waals surface area contributed by atoms with E-state index in [1.54, 1.807) is 23.1 Å². The van der Waals surface area contributed by atoms with E-state index in [0.717, 1.165) is 57.2 Å². The first kappa shape index (κ1) is 19.2. The fourth-order valence-corrected chi connectivity index (χ4v) is 5.12. The van der Waals surface area contributed by atoms with E-state index in [9.17, 15) is 0 Å². The van der Waals surface area contributed by atoms with Gasteiger partial charge in [-0.05, 0) is 64.9 Å². The van der Waals surface area contributed by atoms with Crippen LogP contribution in [0.15, 0.2) is 16.2 Å². The number of fused-ring (bicyclic) bond motifs is 1. The fraction of sp³-hybridized carbons (Fsp3) is 0.474. The number of thiophene rings is 1. The summed E-state index contributed by atoms with van der Waals surface area (Å²) in [6.45, 7) is 15.7. The summed E-state index contributed by atoms with van der Waals surface area (Å²) in [5, 5.41) is 2.88. The second kappa shape index (κ2) is 7.98. The normalized spacial score (nSPS) is 11.7. The molecule has 0 amide bonds. The zero-order valence-corrected chi connectivity index (χ0v) is 17.9. The lowest BCUT2D eigenvalue weighted by atomic mass is 10.2. The average Bonchev–Trinajstić information content (AvgIpc) is 2.86. The Morgan fingerprint density at radius 2 is 1.62 bits per heavy atom. The molecular formula is C19H26N5S2+. The molecule has 3 aromatic heterocycles. The van der Waals surface area contributed by atoms with E-state index in [0.29, 0.717) is 0 Å². The summed E-state index contributed by atoms with van der Waals surface area (Å²) < 4.78 is 0. The number of aromatic nitrogens is 4. The Hall–Kier alpha value is -1.57. The largest absolute Gasteiger partial charge is 0.329 e. The number of rotatable bonds is 6. The van der Waals surface area contributed by atoms with Gasteiger partial charge in [0.1, 0.15) is 16.4 Å². The van der Waals surface area contributed by atoms with Crippen LogP contribution in [0.4, 0.5) is 0 Å². The number of nitrogens with zero attached hydrogens (tertiary/aromatic N) is 4. The van der Waals surface area contributed by atoms with Gasteiger partial charge in [-0.25, -0.2) is 19.9 Å². The lowest BCUT2D eigenvalue weighted by molar-refractivity contribution is -0.910. The van der Waals surface area contributed by atoms with Gasteiger partial charge in [-0.1, -0.05) is 0 Å². The van der Waals surface area contributed by atoms with Gasteiger partial charge in [-0.3, -0.25) is 0 Å². The van der Waals surface area contributed by atoms with Crippen LogP contribution in [0.25, 0.3) is 10.2 Å². The zero-order valence-electron chi connectivity index (χ0n) is 16.3. The molecule has 1 N–H and O–H groups in total. The molecule has 26 heavy (non-hydrogen) atoms. The molecule has 7 heteroatoms. The zero-order chi connectivity index (χ0) is 18.8. The molecule has 0 radical (unpaired) electrons. The van der Waals surface area contributed by atoms with E-state index < -0.39 is 0 Å². The molecule has 0 unspecified atom stereocenters. The average molecular weight is 389 g/mol. The van der Waals surface area contributed by atoms with Crippen molar-refractivity contribution >= 4 is 33.3 Å². The van der Waals surface area contributed by atoms with E-state index in [-0.39, 0.29) is 0 Å². The maximum absolute atomic E-state index is 4.92. The van der Waals surface area contributed by atoms with Crippen LogP contribution in [0.3, 0.4) is 0 Å². The second-order valence-corrected chi connectivity index (χ2v) is 8.74. The standard InChI is InChI=1S/C19H25N5S2/c1-7-24(8-2)10-15-22-17-16(13(5)14(6)25-17)18(23-15)26-19-20-11(3)9-12(4)21-19/h9H,7-8,10H2,1-6H3/p+1. The van der Waals surface area contributed by atoms with Crippen molar-refractivity contribution in [1.29, 1.82) is 0 Å². The number of quaternary nitrogens is 1. The number of hydrogen-bond donors (Lipinski definition) is 1. The first-order valence-corrected chi connectivity index (χ1v) is 10.6. The highest BCUT2D eigenvalue weighted by Crippen LogP contribution is 2.37. The molecule has 5 nitrogen and oxygen atoms in total. The van der Waals surface area contributed by atoms with Gasteiger partial charge < -0.3 is 4.90 Å². The van der Waals surface area contributed by atoms with Crippen molar-refractivity contribution in [1.82, 2.24) is 19.9 Å². The monoisotopic (exact) mass is 388 g/mol. The number of hydrogen-bond acceptors (Lipinski definition) is 6. The molecule has 0 bridgehead atoms. The van der Waals surface area contributed by atoms with Crippen LogP contribution in [-0.4, -0.2) is 33.0 Å². The van der Waals surface area contributed by atoms with Crippen LogP contribution in [0.1, 0.15) is 41.5 Å². The SMILES string of the molecule is CC[NH+](CC)Cc1nc(Sc2nc(C)cc(C)n2)c2c(C)c(C)sc2n1. The molecule has 0 aliphatic heterocycles. The molecule has 3 rings (SSSR count). The molecule has 0 aromatic carbocycles. The van der Waals surface area contributed by atoms with Gasteiger partial charge in [0, 0.05) is 21.7 Å². The smallest absolute Gasteiger partial charge is 0.194 e. The highest BCUT2D eigenvalue weighted by Gasteiger charge is 2.18. The van der Waals surface area contributed by atoms with E-state index in [2.05, 4.69) is 37.7 Å². The lowest BCUT2D eigenvalue weighted by Gasteiger charge is -2.14. The molecule has 0 saturated carbocycles. The Balaban J connectivity index is 2.08. The third-order valence-electron chi connectivity index (χ3n) is 4.60. The maximum Gasteiger partial charge on any atom is 0.194 e. The maximum atomic E-state index is 4.92. The molecule has 0 aliphatic carbocycles. The highest BCUT2D eigenvalue weighted by atomic mass is 32.2. The summed E-state index contributed by atoms with van der Waals surface area (Å²) in [7, 11) is 0. The van der Waals surface area contributed by atoms with Crippen molar-refractivity contribution in [3.8, 4) is 0 Å². The van der Waals surface area contributed by atoms with Gasteiger partial charge in [0.25, 0.3) is 0 Å². The molecule has 3 aromatic rings. The Kier molecular flexibility index (Phi) is 5.89. The van der Waals surface area contributed by atoms with Gasteiger partial charge in [-0.2, -0.15) is 0 Å². The topological polar surface area (TPSA) is 56.0 Å².